The molecular formula is C69H65BN4. The third kappa shape index (κ3) is 7.82. The molecule has 0 saturated carbocycles. The van der Waals surface area contributed by atoms with Crippen molar-refractivity contribution in [1.82, 2.24) is 9.13 Å². The summed E-state index contributed by atoms with van der Waals surface area (Å²) in [5, 5.41) is 1.46. The molecule has 364 valence electrons. The number of hydrogen-bond acceptors (Lipinski definition) is 2. The van der Waals surface area contributed by atoms with Crippen molar-refractivity contribution in [3.63, 3.8) is 0 Å². The lowest BCUT2D eigenvalue weighted by Gasteiger charge is -2.45. The van der Waals surface area contributed by atoms with Crippen LogP contribution in [0.1, 0.15) is 98.2 Å². The zero-order valence-corrected chi connectivity index (χ0v) is 43.2. The Hall–Kier alpha value is -7.76. The second-order valence-electron chi connectivity index (χ2n) is 22.9. The van der Waals surface area contributed by atoms with Crippen LogP contribution in [0.5, 0.6) is 0 Å². The van der Waals surface area contributed by atoms with Crippen LogP contribution in [-0.4, -0.2) is 15.8 Å². The van der Waals surface area contributed by atoms with E-state index in [9.17, 15) is 13.7 Å². The molecule has 9 aromatic carbocycles. The van der Waals surface area contributed by atoms with Gasteiger partial charge in [-0.15, -0.1) is 0 Å². The number of rotatable bonds is 7. The predicted molar refractivity (Wildman–Crippen MR) is 319 cm³/mol. The fourth-order valence-electron chi connectivity index (χ4n) is 11.5. The van der Waals surface area contributed by atoms with Crippen LogP contribution in [0.15, 0.2) is 194 Å². The molecule has 4 heterocycles. The second kappa shape index (κ2) is 16.9. The van der Waals surface area contributed by atoms with E-state index in [1.54, 1.807) is 36.4 Å². The number of aromatic nitrogens is 2. The van der Waals surface area contributed by atoms with Gasteiger partial charge in [0.15, 0.2) is 0 Å². The molecule has 0 radical (unpaired) electrons. The number of hydrogen-bond donors (Lipinski definition) is 0. The number of anilines is 6. The lowest BCUT2D eigenvalue weighted by Crippen LogP contribution is -2.61. The first-order chi connectivity index (χ1) is 41.2. The molecule has 13 rings (SSSR count). The minimum absolute atomic E-state index is 0.230. The average Bonchev–Trinajstić information content (AvgIpc) is 0.881. The molecule has 4 nitrogen and oxygen atoms in total. The van der Waals surface area contributed by atoms with E-state index in [-0.39, 0.29) is 46.0 Å². The Labute approximate surface area is 457 Å². The van der Waals surface area contributed by atoms with Gasteiger partial charge >= 0.3 is 0 Å². The first-order valence-electron chi connectivity index (χ1n) is 32.5. The van der Waals surface area contributed by atoms with Crippen molar-refractivity contribution in [1.29, 1.82) is 0 Å². The van der Waals surface area contributed by atoms with Crippen molar-refractivity contribution in [2.24, 2.45) is 16.2 Å². The molecular weight excluding hydrogens is 896 g/mol. The summed E-state index contributed by atoms with van der Waals surface area (Å²) < 4.78 is 135. The van der Waals surface area contributed by atoms with E-state index in [0.717, 1.165) is 27.8 Å². The van der Waals surface area contributed by atoms with E-state index in [2.05, 4.69) is 21.9 Å². The Balaban J connectivity index is 1.14. The molecule has 0 N–H and O–H groups in total. The number of nitrogens with zero attached hydrogens (tertiary/aromatic N) is 4. The van der Waals surface area contributed by atoms with Gasteiger partial charge in [-0.2, -0.15) is 0 Å². The molecule has 0 aliphatic carbocycles. The standard InChI is InChI=1S/C69H65BN4/c1-67(2,3)42-45-28-34-60-54(36-45)52-24-16-18-26-58(52)73(60)50-30-32-56-62(40-50)71(48-20-12-10-13-21-48)64-38-47(44-69(7,8)9)39-65-66(64)70(56)57-33-31-51(41-63(57)72(65)49-22-14-11-15-23-49)74-59-27-19-17-25-53(59)55-37-46(29-35-61(55)74)43-68(4,5)6/h10-41H,42-44H2,1-9H3/i16D,17D,18D,19D,24D,25D,26D,27D,42D2,43D2,44D2. The van der Waals surface area contributed by atoms with E-state index in [4.69, 9.17) is 5.48 Å². The van der Waals surface area contributed by atoms with Crippen molar-refractivity contribution in [2.75, 3.05) is 9.80 Å². The minimum Gasteiger partial charge on any atom is -0.311 e. The van der Waals surface area contributed by atoms with Gasteiger partial charge in [-0.3, -0.25) is 0 Å². The van der Waals surface area contributed by atoms with E-state index in [1.807, 2.05) is 169 Å². The van der Waals surface area contributed by atoms with Crippen molar-refractivity contribution in [3.05, 3.63) is 211 Å². The lowest BCUT2D eigenvalue weighted by atomic mass is 9.33. The Kier molecular flexibility index (Phi) is 7.57. The van der Waals surface area contributed by atoms with E-state index in [1.165, 1.54) is 0 Å². The van der Waals surface area contributed by atoms with Crippen LogP contribution in [-0.2, 0) is 19.1 Å². The third-order valence-electron chi connectivity index (χ3n) is 13.9. The molecule has 74 heavy (non-hydrogen) atoms. The fourth-order valence-corrected chi connectivity index (χ4v) is 11.5. The first-order valence-corrected chi connectivity index (χ1v) is 25.5. The molecule has 0 saturated heterocycles. The topological polar surface area (TPSA) is 16.3 Å². The highest BCUT2D eigenvalue weighted by molar-refractivity contribution is 7.00. The Morgan fingerprint density at radius 3 is 1.20 bits per heavy atom. The van der Waals surface area contributed by atoms with Gasteiger partial charge in [0.2, 0.25) is 0 Å². The van der Waals surface area contributed by atoms with Gasteiger partial charge < -0.3 is 18.9 Å². The summed E-state index contributed by atoms with van der Waals surface area (Å²) in [7, 11) is 0. The quantitative estimate of drug-likeness (QED) is 0.148. The molecule has 2 aliphatic rings. The molecule has 0 atom stereocenters. The van der Waals surface area contributed by atoms with Crippen LogP contribution in [0, 0.1) is 16.2 Å². The highest BCUT2D eigenvalue weighted by Crippen LogP contribution is 2.47. The normalized spacial score (nSPS) is 16.9. The smallest absolute Gasteiger partial charge is 0.252 e. The Morgan fingerprint density at radius 1 is 0.378 bits per heavy atom. The molecule has 0 bridgehead atoms. The highest BCUT2D eigenvalue weighted by Gasteiger charge is 2.44. The molecule has 0 spiro atoms. The third-order valence-corrected chi connectivity index (χ3v) is 13.9. The van der Waals surface area contributed by atoms with E-state index in [0.29, 0.717) is 72.6 Å². The highest BCUT2D eigenvalue weighted by atomic mass is 15.2. The van der Waals surface area contributed by atoms with E-state index < -0.39 is 66.2 Å². The van der Waals surface area contributed by atoms with Crippen LogP contribution < -0.4 is 26.2 Å². The van der Waals surface area contributed by atoms with Gasteiger partial charge in [-0.1, -0.05) is 159 Å². The summed E-state index contributed by atoms with van der Waals surface area (Å²) in [6, 6.07) is 43.7. The number of fused-ring (bicyclic) bond motifs is 10. The Bertz CT molecular complexity index is 4500. The summed E-state index contributed by atoms with van der Waals surface area (Å²) in [6.07, 6.45) is -5.57. The summed E-state index contributed by atoms with van der Waals surface area (Å²) >= 11 is 0. The van der Waals surface area contributed by atoms with Crippen LogP contribution in [0.2, 0.25) is 0 Å². The molecule has 2 aliphatic heterocycles. The first kappa shape index (κ1) is 33.1. The summed E-state index contributed by atoms with van der Waals surface area (Å²) in [5.74, 6) is 0. The van der Waals surface area contributed by atoms with Crippen molar-refractivity contribution in [3.8, 4) is 11.4 Å². The minimum atomic E-state index is -1.93. The Morgan fingerprint density at radius 2 is 0.784 bits per heavy atom. The second-order valence-corrected chi connectivity index (χ2v) is 22.9. The fraction of sp³-hybridized carbons (Fsp3) is 0.217. The van der Waals surface area contributed by atoms with Crippen molar-refractivity contribution < 1.29 is 19.2 Å². The zero-order chi connectivity index (χ0) is 63.2. The maximum atomic E-state index is 10.0. The van der Waals surface area contributed by atoms with Gasteiger partial charge in [0.1, 0.15) is 0 Å². The molecule has 11 aromatic rings. The van der Waals surface area contributed by atoms with Gasteiger partial charge in [0.25, 0.3) is 6.71 Å². The van der Waals surface area contributed by atoms with Crippen molar-refractivity contribution in [2.45, 2.75) is 81.4 Å². The van der Waals surface area contributed by atoms with E-state index >= 15 is 0 Å². The molecule has 0 unspecified atom stereocenters. The molecule has 0 amide bonds. The summed E-state index contributed by atoms with van der Waals surface area (Å²) in [4.78, 5) is 4.31. The van der Waals surface area contributed by atoms with Crippen LogP contribution >= 0.6 is 0 Å². The van der Waals surface area contributed by atoms with Crippen LogP contribution in [0.3, 0.4) is 0 Å². The molecule has 5 heteroatoms. The number of para-hydroxylation sites is 4. The van der Waals surface area contributed by atoms with Crippen LogP contribution in [0.25, 0.3) is 55.0 Å². The zero-order valence-electron chi connectivity index (χ0n) is 57.2. The molecule has 2 aromatic heterocycles. The van der Waals surface area contributed by atoms with Gasteiger partial charge in [0, 0.05) is 75.3 Å². The summed E-state index contributed by atoms with van der Waals surface area (Å²) in [5.41, 5.74) is 8.30. The van der Waals surface area contributed by atoms with Gasteiger partial charge in [-0.25, -0.2) is 0 Å². The SMILES string of the molecule is [2H]c1c([2H])c([2H])c2c(c1[2H])c1cc(C([2H])([2H])C(C)(C)C)ccc1n2-c1ccc2c(c1)N(c1ccccc1)c1cc(C([2H])([2H])C(C)(C)C)cc3c1B2c1ccc(-n2c4ccc(C([2H])([2H])C(C)(C)C)cc4c4c([2H])c([2H])c([2H])c([2H])c42)cc1N3c1ccccc1. The van der Waals surface area contributed by atoms with Gasteiger partial charge in [0.05, 0.1) is 33.0 Å². The largest absolute Gasteiger partial charge is 0.311 e. The maximum Gasteiger partial charge on any atom is 0.252 e. The average molecular weight is 975 g/mol. The lowest BCUT2D eigenvalue weighted by molar-refractivity contribution is 0.411. The maximum absolute atomic E-state index is 10.0. The van der Waals surface area contributed by atoms with Gasteiger partial charge in [-0.05, 0) is 165 Å². The van der Waals surface area contributed by atoms with Crippen LogP contribution in [0.4, 0.5) is 34.1 Å². The molecule has 0 fully saturated rings. The monoisotopic (exact) mass is 975 g/mol. The predicted octanol–water partition coefficient (Wildman–Crippen LogP) is 16.7. The van der Waals surface area contributed by atoms with Crippen molar-refractivity contribution >= 4 is 101 Å². The summed E-state index contributed by atoms with van der Waals surface area (Å²) in [6.45, 7) is 16.1. The number of benzene rings is 9.